The minimum atomic E-state index is -4.01. The Bertz CT molecular complexity index is 762. The van der Waals surface area contributed by atoms with Crippen LogP contribution in [0.4, 0.5) is 0 Å². The van der Waals surface area contributed by atoms with Crippen LogP contribution in [0.5, 0.6) is 11.5 Å². The first-order valence-electron chi connectivity index (χ1n) is 6.27. The van der Waals surface area contributed by atoms with E-state index < -0.39 is 31.3 Å². The van der Waals surface area contributed by atoms with Crippen molar-refractivity contribution in [3.05, 3.63) is 18.2 Å². The molecule has 124 valence electrons. The fourth-order valence-corrected chi connectivity index (χ4v) is 6.36. The van der Waals surface area contributed by atoms with Gasteiger partial charge in [0.25, 0.3) is 0 Å². The number of halogens is 1. The summed E-state index contributed by atoms with van der Waals surface area (Å²) in [5, 5.41) is -0.809. The van der Waals surface area contributed by atoms with Crippen LogP contribution in [0.15, 0.2) is 23.1 Å². The molecule has 22 heavy (non-hydrogen) atoms. The summed E-state index contributed by atoms with van der Waals surface area (Å²) in [6, 6.07) is 3.43. The Hall–Kier alpha value is -1.03. The Kier molecular flexibility index (Phi) is 4.90. The lowest BCUT2D eigenvalue weighted by Crippen LogP contribution is -2.40. The highest BCUT2D eigenvalue weighted by atomic mass is 35.5. The van der Waals surface area contributed by atoms with Gasteiger partial charge in [0, 0.05) is 6.07 Å². The quantitative estimate of drug-likeness (QED) is 0.754. The summed E-state index contributed by atoms with van der Waals surface area (Å²) in [5.41, 5.74) is 0. The lowest BCUT2D eigenvalue weighted by Gasteiger charge is -2.17. The second-order valence-electron chi connectivity index (χ2n) is 4.84. The first-order chi connectivity index (χ1) is 10.2. The van der Waals surface area contributed by atoms with E-state index in [0.29, 0.717) is 5.75 Å². The highest BCUT2D eigenvalue weighted by Gasteiger charge is 2.39. The first-order valence-corrected chi connectivity index (χ1v) is 10.0. The molecule has 1 heterocycles. The highest BCUT2D eigenvalue weighted by molar-refractivity contribution is 7.92. The average molecular weight is 370 g/mol. The number of alkyl halides is 1. The molecular weight excluding hydrogens is 354 g/mol. The SMILES string of the molecule is COc1ccc(OC)c(S(=O)(=O)N[C@@H]2CS(=O)(=O)C[C@@H]2Cl)c1. The number of sulfonamides is 1. The monoisotopic (exact) mass is 369 g/mol. The fraction of sp³-hybridized carbons (Fsp3) is 0.500. The molecule has 1 aliphatic rings. The zero-order valence-electron chi connectivity index (χ0n) is 11.9. The van der Waals surface area contributed by atoms with Gasteiger partial charge in [-0.1, -0.05) is 0 Å². The van der Waals surface area contributed by atoms with Gasteiger partial charge in [-0.2, -0.15) is 0 Å². The van der Waals surface area contributed by atoms with Crippen LogP contribution >= 0.6 is 11.6 Å². The Labute approximate surface area is 134 Å². The summed E-state index contributed by atoms with van der Waals surface area (Å²) in [6.07, 6.45) is 0. The van der Waals surface area contributed by atoms with E-state index in [4.69, 9.17) is 21.1 Å². The van der Waals surface area contributed by atoms with Crippen LogP contribution in [0.25, 0.3) is 0 Å². The molecule has 1 aromatic rings. The predicted octanol–water partition coefficient (Wildman–Crippen LogP) is 0.387. The lowest BCUT2D eigenvalue weighted by atomic mass is 10.3. The molecule has 0 saturated carbocycles. The van der Waals surface area contributed by atoms with Gasteiger partial charge >= 0.3 is 0 Å². The van der Waals surface area contributed by atoms with Gasteiger partial charge in [0.05, 0.1) is 37.1 Å². The summed E-state index contributed by atoms with van der Waals surface area (Å²) in [6.45, 7) is 0. The fourth-order valence-electron chi connectivity index (χ4n) is 2.17. The molecule has 1 saturated heterocycles. The summed E-state index contributed by atoms with van der Waals surface area (Å²) in [5.74, 6) is -0.119. The van der Waals surface area contributed by atoms with Crippen LogP contribution < -0.4 is 14.2 Å². The highest BCUT2D eigenvalue weighted by Crippen LogP contribution is 2.29. The largest absolute Gasteiger partial charge is 0.497 e. The normalized spacial score (nSPS) is 24.1. The third-order valence-corrected chi connectivity index (χ3v) is 7.14. The van der Waals surface area contributed by atoms with Crippen molar-refractivity contribution in [1.82, 2.24) is 4.72 Å². The number of hydrogen-bond donors (Lipinski definition) is 1. The molecule has 1 aliphatic heterocycles. The molecule has 0 spiro atoms. The van der Waals surface area contributed by atoms with Gasteiger partial charge in [-0.3, -0.25) is 0 Å². The number of hydrogen-bond acceptors (Lipinski definition) is 6. The Morgan fingerprint density at radius 2 is 1.91 bits per heavy atom. The topological polar surface area (TPSA) is 98.8 Å². The second kappa shape index (κ2) is 6.23. The number of nitrogens with one attached hydrogen (secondary N) is 1. The summed E-state index contributed by atoms with van der Waals surface area (Å²) in [7, 11) is -4.60. The van der Waals surface area contributed by atoms with Crippen LogP contribution in [0.1, 0.15) is 0 Å². The van der Waals surface area contributed by atoms with Crippen LogP contribution in [0, 0.1) is 0 Å². The van der Waals surface area contributed by atoms with E-state index in [1.807, 2.05) is 0 Å². The molecule has 1 N–H and O–H groups in total. The summed E-state index contributed by atoms with van der Waals surface area (Å²) in [4.78, 5) is -0.137. The minimum absolute atomic E-state index is 0.125. The van der Waals surface area contributed by atoms with E-state index in [9.17, 15) is 16.8 Å². The maximum absolute atomic E-state index is 12.5. The van der Waals surface area contributed by atoms with Crippen molar-refractivity contribution in [3.8, 4) is 11.5 Å². The Morgan fingerprint density at radius 1 is 1.23 bits per heavy atom. The molecule has 7 nitrogen and oxygen atoms in total. The van der Waals surface area contributed by atoms with E-state index >= 15 is 0 Å². The van der Waals surface area contributed by atoms with Gasteiger partial charge in [0.2, 0.25) is 10.0 Å². The Balaban J connectivity index is 2.35. The molecular formula is C12H16ClNO6S2. The molecule has 1 aromatic carbocycles. The van der Waals surface area contributed by atoms with Gasteiger partial charge in [-0.25, -0.2) is 21.6 Å². The minimum Gasteiger partial charge on any atom is -0.497 e. The zero-order valence-corrected chi connectivity index (χ0v) is 14.3. The van der Waals surface area contributed by atoms with Crippen molar-refractivity contribution in [3.63, 3.8) is 0 Å². The van der Waals surface area contributed by atoms with Crippen molar-refractivity contribution in [2.24, 2.45) is 0 Å². The molecule has 0 amide bonds. The van der Waals surface area contributed by atoms with Gasteiger partial charge in [-0.05, 0) is 12.1 Å². The molecule has 0 unspecified atom stereocenters. The van der Waals surface area contributed by atoms with Crippen molar-refractivity contribution < 1.29 is 26.3 Å². The van der Waals surface area contributed by atoms with E-state index in [1.54, 1.807) is 6.07 Å². The maximum Gasteiger partial charge on any atom is 0.244 e. The zero-order chi connectivity index (χ0) is 16.5. The number of ether oxygens (including phenoxy) is 2. The van der Waals surface area contributed by atoms with Gasteiger partial charge in [0.15, 0.2) is 9.84 Å². The Morgan fingerprint density at radius 3 is 2.41 bits per heavy atom. The van der Waals surface area contributed by atoms with Gasteiger partial charge in [-0.15, -0.1) is 11.6 Å². The average Bonchev–Trinajstić information content (AvgIpc) is 2.69. The number of sulfone groups is 1. The van der Waals surface area contributed by atoms with Crippen LogP contribution in [-0.2, 0) is 19.9 Å². The summed E-state index contributed by atoms with van der Waals surface area (Å²) < 4.78 is 60.4. The van der Waals surface area contributed by atoms with E-state index in [-0.39, 0.29) is 22.2 Å². The smallest absolute Gasteiger partial charge is 0.244 e. The van der Waals surface area contributed by atoms with E-state index in [1.165, 1.54) is 26.4 Å². The molecule has 10 heteroatoms. The molecule has 0 aliphatic carbocycles. The second-order valence-corrected chi connectivity index (χ2v) is 9.23. The molecule has 0 aromatic heterocycles. The molecule has 0 radical (unpaired) electrons. The summed E-state index contributed by atoms with van der Waals surface area (Å²) >= 11 is 5.93. The lowest BCUT2D eigenvalue weighted by molar-refractivity contribution is 0.391. The number of benzene rings is 1. The maximum atomic E-state index is 12.5. The molecule has 2 atom stereocenters. The van der Waals surface area contributed by atoms with Crippen molar-refractivity contribution in [1.29, 1.82) is 0 Å². The standard InChI is InChI=1S/C12H16ClNO6S2/c1-19-8-3-4-11(20-2)12(5-8)22(17,18)14-10-7-21(15,16)6-9(10)13/h3-5,9-10,14H,6-7H2,1-2H3/t9-,10+/m0/s1. The van der Waals surface area contributed by atoms with Crippen molar-refractivity contribution >= 4 is 31.5 Å². The van der Waals surface area contributed by atoms with Crippen molar-refractivity contribution in [2.75, 3.05) is 25.7 Å². The van der Waals surface area contributed by atoms with Crippen LogP contribution in [0.3, 0.4) is 0 Å². The van der Waals surface area contributed by atoms with E-state index in [2.05, 4.69) is 4.72 Å². The van der Waals surface area contributed by atoms with Crippen LogP contribution in [0.2, 0.25) is 0 Å². The molecule has 1 fully saturated rings. The number of methoxy groups -OCH3 is 2. The first kappa shape index (κ1) is 17.3. The van der Waals surface area contributed by atoms with Crippen molar-refractivity contribution in [2.45, 2.75) is 16.3 Å². The van der Waals surface area contributed by atoms with Gasteiger partial charge < -0.3 is 9.47 Å². The third kappa shape index (κ3) is 3.65. The van der Waals surface area contributed by atoms with Gasteiger partial charge in [0.1, 0.15) is 16.4 Å². The van der Waals surface area contributed by atoms with Crippen LogP contribution in [-0.4, -0.2) is 54.0 Å². The number of rotatable bonds is 5. The molecule has 0 bridgehead atoms. The molecule has 2 rings (SSSR count). The third-order valence-electron chi connectivity index (χ3n) is 3.25. The van der Waals surface area contributed by atoms with E-state index in [0.717, 1.165) is 0 Å². The predicted molar refractivity (Wildman–Crippen MR) is 82.0 cm³/mol.